The number of benzene rings is 7. The number of hydrogen-bond acceptors (Lipinski definition) is 2. The third-order valence-corrected chi connectivity index (χ3v) is 7.84. The first-order valence-corrected chi connectivity index (χ1v) is 13.8. The van der Waals surface area contributed by atoms with Gasteiger partial charge in [0.1, 0.15) is 0 Å². The zero-order chi connectivity index (χ0) is 27.2. The Labute approximate surface area is 238 Å². The quantitative estimate of drug-likeness (QED) is 0.215. The standard InChI is InChI=1S/C38H25N3/c1-2-13-32(14-3-1)41-38(28-21-18-27(19-22-28)30-23-20-26-10-4-5-11-29(26)24-30)39-37(40-41)36-25-31-12-6-7-15-33(31)34-16-8-9-17-35(34)36/h1-25H. The van der Waals surface area contributed by atoms with Gasteiger partial charge in [-0.3, -0.25) is 0 Å². The fourth-order valence-corrected chi connectivity index (χ4v) is 5.78. The first-order chi connectivity index (χ1) is 20.3. The molecule has 41 heavy (non-hydrogen) atoms. The Morgan fingerprint density at radius 3 is 1.83 bits per heavy atom. The lowest BCUT2D eigenvalue weighted by Gasteiger charge is -2.08. The van der Waals surface area contributed by atoms with Gasteiger partial charge < -0.3 is 0 Å². The van der Waals surface area contributed by atoms with E-state index in [2.05, 4.69) is 133 Å². The maximum atomic E-state index is 5.18. The minimum Gasteiger partial charge on any atom is -0.213 e. The van der Waals surface area contributed by atoms with E-state index in [1.54, 1.807) is 0 Å². The summed E-state index contributed by atoms with van der Waals surface area (Å²) in [6, 6.07) is 53.2. The molecule has 0 spiro atoms. The molecule has 1 heterocycles. The van der Waals surface area contributed by atoms with Crippen LogP contribution in [-0.4, -0.2) is 14.8 Å². The predicted molar refractivity (Wildman–Crippen MR) is 170 cm³/mol. The van der Waals surface area contributed by atoms with E-state index in [1.165, 1.54) is 38.1 Å². The van der Waals surface area contributed by atoms with Crippen LogP contribution in [0.15, 0.2) is 152 Å². The molecule has 0 saturated carbocycles. The molecule has 0 aliphatic rings. The lowest BCUT2D eigenvalue weighted by Crippen LogP contribution is -1.99. The van der Waals surface area contributed by atoms with Crippen molar-refractivity contribution in [3.8, 4) is 39.6 Å². The van der Waals surface area contributed by atoms with Crippen molar-refractivity contribution in [3.05, 3.63) is 152 Å². The topological polar surface area (TPSA) is 30.7 Å². The molecule has 0 unspecified atom stereocenters. The smallest absolute Gasteiger partial charge is 0.182 e. The highest BCUT2D eigenvalue weighted by atomic mass is 15.4. The SMILES string of the molecule is c1ccc(-n2nc(-c3cc4ccccc4c4ccccc34)nc2-c2ccc(-c3ccc4ccccc4c3)cc2)cc1. The molecule has 0 aliphatic heterocycles. The average molecular weight is 524 g/mol. The van der Waals surface area contributed by atoms with Crippen LogP contribution < -0.4 is 0 Å². The third kappa shape index (κ3) is 4.07. The fraction of sp³-hybridized carbons (Fsp3) is 0. The van der Waals surface area contributed by atoms with Crippen LogP contribution in [0.4, 0.5) is 0 Å². The number of rotatable bonds is 4. The second-order valence-corrected chi connectivity index (χ2v) is 10.3. The number of fused-ring (bicyclic) bond motifs is 4. The molecule has 8 aromatic rings. The minimum atomic E-state index is 0.712. The molecule has 3 nitrogen and oxygen atoms in total. The van der Waals surface area contributed by atoms with Crippen molar-refractivity contribution >= 4 is 32.3 Å². The summed E-state index contributed by atoms with van der Waals surface area (Å²) in [5, 5.41) is 12.4. The van der Waals surface area contributed by atoms with E-state index in [0.29, 0.717) is 5.82 Å². The zero-order valence-corrected chi connectivity index (χ0v) is 22.3. The van der Waals surface area contributed by atoms with Gasteiger partial charge in [0.25, 0.3) is 0 Å². The van der Waals surface area contributed by atoms with E-state index in [9.17, 15) is 0 Å². The first-order valence-electron chi connectivity index (χ1n) is 13.8. The van der Waals surface area contributed by atoms with E-state index >= 15 is 0 Å². The highest BCUT2D eigenvalue weighted by molar-refractivity contribution is 6.13. The Morgan fingerprint density at radius 1 is 0.415 bits per heavy atom. The number of nitrogens with zero attached hydrogens (tertiary/aromatic N) is 3. The highest BCUT2D eigenvalue weighted by Crippen LogP contribution is 2.35. The molecule has 1 aromatic heterocycles. The molecule has 0 aliphatic carbocycles. The summed E-state index contributed by atoms with van der Waals surface area (Å²) < 4.78 is 1.96. The van der Waals surface area contributed by atoms with Gasteiger partial charge in [-0.05, 0) is 67.7 Å². The van der Waals surface area contributed by atoms with Gasteiger partial charge in [-0.2, -0.15) is 0 Å². The van der Waals surface area contributed by atoms with Crippen LogP contribution in [0.2, 0.25) is 0 Å². The summed E-state index contributed by atoms with van der Waals surface area (Å²) in [6.45, 7) is 0. The van der Waals surface area contributed by atoms with E-state index in [1.807, 2.05) is 22.9 Å². The van der Waals surface area contributed by atoms with E-state index in [-0.39, 0.29) is 0 Å². The lowest BCUT2D eigenvalue weighted by molar-refractivity contribution is 0.891. The largest absolute Gasteiger partial charge is 0.213 e. The van der Waals surface area contributed by atoms with Gasteiger partial charge in [-0.15, -0.1) is 5.10 Å². The van der Waals surface area contributed by atoms with Crippen LogP contribution in [0.25, 0.3) is 71.9 Å². The Morgan fingerprint density at radius 2 is 1.02 bits per heavy atom. The normalized spacial score (nSPS) is 11.4. The molecule has 0 N–H and O–H groups in total. The molecular weight excluding hydrogens is 498 g/mol. The number of hydrogen-bond donors (Lipinski definition) is 0. The van der Waals surface area contributed by atoms with E-state index in [4.69, 9.17) is 10.1 Å². The van der Waals surface area contributed by atoms with Crippen molar-refractivity contribution in [2.24, 2.45) is 0 Å². The predicted octanol–water partition coefficient (Wildman–Crippen LogP) is 9.73. The van der Waals surface area contributed by atoms with Crippen molar-refractivity contribution in [3.63, 3.8) is 0 Å². The van der Waals surface area contributed by atoms with Gasteiger partial charge in [0, 0.05) is 11.1 Å². The molecule has 0 amide bonds. The molecule has 0 bridgehead atoms. The summed E-state index contributed by atoms with van der Waals surface area (Å²) in [5.41, 5.74) is 5.39. The molecule has 0 atom stereocenters. The summed E-state index contributed by atoms with van der Waals surface area (Å²) in [7, 11) is 0. The Hall–Kier alpha value is -5.54. The van der Waals surface area contributed by atoms with Crippen molar-refractivity contribution in [1.82, 2.24) is 14.8 Å². The zero-order valence-electron chi connectivity index (χ0n) is 22.3. The van der Waals surface area contributed by atoms with Crippen LogP contribution in [0, 0.1) is 0 Å². The highest BCUT2D eigenvalue weighted by Gasteiger charge is 2.18. The maximum Gasteiger partial charge on any atom is 0.182 e. The average Bonchev–Trinajstić information content (AvgIpc) is 3.50. The molecule has 192 valence electrons. The van der Waals surface area contributed by atoms with Crippen LogP contribution in [-0.2, 0) is 0 Å². The number of aromatic nitrogens is 3. The summed E-state index contributed by atoms with van der Waals surface area (Å²) >= 11 is 0. The number of para-hydroxylation sites is 1. The van der Waals surface area contributed by atoms with Crippen LogP contribution >= 0.6 is 0 Å². The monoisotopic (exact) mass is 523 g/mol. The van der Waals surface area contributed by atoms with Gasteiger partial charge >= 0.3 is 0 Å². The van der Waals surface area contributed by atoms with Crippen LogP contribution in [0.1, 0.15) is 0 Å². The van der Waals surface area contributed by atoms with Gasteiger partial charge in [-0.25, -0.2) is 9.67 Å². The van der Waals surface area contributed by atoms with E-state index < -0.39 is 0 Å². The Balaban J connectivity index is 1.28. The van der Waals surface area contributed by atoms with Crippen molar-refractivity contribution < 1.29 is 0 Å². The molecule has 7 aromatic carbocycles. The van der Waals surface area contributed by atoms with Gasteiger partial charge in [-0.1, -0.05) is 127 Å². The summed E-state index contributed by atoms with van der Waals surface area (Å²) in [5.74, 6) is 1.53. The second-order valence-electron chi connectivity index (χ2n) is 10.3. The molecule has 8 rings (SSSR count). The second kappa shape index (κ2) is 9.58. The van der Waals surface area contributed by atoms with Gasteiger partial charge in [0.2, 0.25) is 0 Å². The first kappa shape index (κ1) is 23.4. The molecular formula is C38H25N3. The maximum absolute atomic E-state index is 5.18. The van der Waals surface area contributed by atoms with Crippen molar-refractivity contribution in [2.45, 2.75) is 0 Å². The van der Waals surface area contributed by atoms with Gasteiger partial charge in [0.05, 0.1) is 5.69 Å². The molecule has 0 fully saturated rings. The minimum absolute atomic E-state index is 0.712. The molecule has 0 saturated heterocycles. The third-order valence-electron chi connectivity index (χ3n) is 7.84. The van der Waals surface area contributed by atoms with Gasteiger partial charge in [0.15, 0.2) is 11.6 Å². The van der Waals surface area contributed by atoms with Crippen molar-refractivity contribution in [2.75, 3.05) is 0 Å². The van der Waals surface area contributed by atoms with E-state index in [0.717, 1.165) is 28.0 Å². The Kier molecular flexibility index (Phi) is 5.46. The fourth-order valence-electron chi connectivity index (χ4n) is 5.78. The van der Waals surface area contributed by atoms with Crippen molar-refractivity contribution in [1.29, 1.82) is 0 Å². The molecule has 0 radical (unpaired) electrons. The van der Waals surface area contributed by atoms with Crippen LogP contribution in [0.3, 0.4) is 0 Å². The lowest BCUT2D eigenvalue weighted by atomic mass is 9.97. The Bertz CT molecular complexity index is 2190. The molecule has 3 heteroatoms. The van der Waals surface area contributed by atoms with Crippen LogP contribution in [0.5, 0.6) is 0 Å². The summed E-state index contributed by atoms with van der Waals surface area (Å²) in [4.78, 5) is 5.18. The summed E-state index contributed by atoms with van der Waals surface area (Å²) in [6.07, 6.45) is 0.